The summed E-state index contributed by atoms with van der Waals surface area (Å²) in [6, 6.07) is 17.3. The molecule has 1 N–H and O–H groups in total. The molecular formula is C24H20ClN3O3S3. The first-order valence-corrected chi connectivity index (χ1v) is 14.4. The number of thiazole rings is 1. The fourth-order valence-electron chi connectivity index (χ4n) is 3.96. The fourth-order valence-corrected chi connectivity index (χ4v) is 7.06. The van der Waals surface area contributed by atoms with Gasteiger partial charge in [0.2, 0.25) is 15.9 Å². The molecular weight excluding hydrogens is 510 g/mol. The van der Waals surface area contributed by atoms with Crippen LogP contribution in [0.1, 0.15) is 6.42 Å². The lowest BCUT2D eigenvalue weighted by Crippen LogP contribution is -2.41. The van der Waals surface area contributed by atoms with Crippen LogP contribution in [0.5, 0.6) is 0 Å². The molecule has 1 amide bonds. The van der Waals surface area contributed by atoms with E-state index in [0.29, 0.717) is 23.1 Å². The van der Waals surface area contributed by atoms with Crippen LogP contribution in [0.4, 0.5) is 5.13 Å². The number of amides is 1. The van der Waals surface area contributed by atoms with Gasteiger partial charge in [0.1, 0.15) is 6.04 Å². The van der Waals surface area contributed by atoms with Crippen molar-refractivity contribution in [3.63, 3.8) is 0 Å². The molecule has 0 spiro atoms. The molecule has 34 heavy (non-hydrogen) atoms. The van der Waals surface area contributed by atoms with Crippen molar-refractivity contribution in [2.24, 2.45) is 0 Å². The van der Waals surface area contributed by atoms with Crippen molar-refractivity contribution in [1.82, 2.24) is 9.71 Å². The number of carbonyl (C=O) groups is 1. The van der Waals surface area contributed by atoms with Crippen molar-refractivity contribution in [1.29, 1.82) is 0 Å². The first kappa shape index (κ1) is 23.3. The minimum Gasteiger partial charge on any atom is -0.287 e. The first-order valence-electron chi connectivity index (χ1n) is 10.5. The number of hydrogen-bond donors (Lipinski definition) is 1. The van der Waals surface area contributed by atoms with Gasteiger partial charge in [0, 0.05) is 28.2 Å². The van der Waals surface area contributed by atoms with Gasteiger partial charge in [0.15, 0.2) is 5.13 Å². The Balaban J connectivity index is 1.34. The number of rotatable bonds is 6. The van der Waals surface area contributed by atoms with Crippen LogP contribution in [0.25, 0.3) is 21.2 Å². The van der Waals surface area contributed by atoms with Crippen LogP contribution in [0, 0.1) is 0 Å². The molecule has 2 heterocycles. The van der Waals surface area contributed by atoms with E-state index >= 15 is 0 Å². The van der Waals surface area contributed by atoms with Crippen LogP contribution >= 0.6 is 34.7 Å². The third-order valence-electron chi connectivity index (χ3n) is 5.68. The smallest absolute Gasteiger partial charge is 0.247 e. The lowest BCUT2D eigenvalue weighted by molar-refractivity contribution is -0.118. The first-order chi connectivity index (χ1) is 16.4. The zero-order chi connectivity index (χ0) is 23.9. The number of carbonyl (C=O) groups excluding carboxylic acids is 1. The van der Waals surface area contributed by atoms with Gasteiger partial charge in [-0.05, 0) is 53.8 Å². The second kappa shape index (κ2) is 9.31. The molecule has 1 fully saturated rings. The minimum atomic E-state index is -3.88. The number of thioether (sulfide) groups is 1. The third kappa shape index (κ3) is 4.46. The fraction of sp³-hybridized carbons (Fsp3) is 0.167. The lowest BCUT2D eigenvalue weighted by atomic mass is 10.1. The van der Waals surface area contributed by atoms with E-state index < -0.39 is 16.1 Å². The maximum absolute atomic E-state index is 13.1. The summed E-state index contributed by atoms with van der Waals surface area (Å²) < 4.78 is 28.6. The van der Waals surface area contributed by atoms with Gasteiger partial charge in [-0.2, -0.15) is 4.72 Å². The highest BCUT2D eigenvalue weighted by Crippen LogP contribution is 2.37. The Morgan fingerprint density at radius 2 is 1.88 bits per heavy atom. The average Bonchev–Trinajstić information content (AvgIpc) is 3.45. The summed E-state index contributed by atoms with van der Waals surface area (Å²) in [5.41, 5.74) is 1.07. The molecule has 1 atom stereocenters. The zero-order valence-corrected chi connectivity index (χ0v) is 21.3. The largest absolute Gasteiger partial charge is 0.287 e. The van der Waals surface area contributed by atoms with Crippen molar-refractivity contribution >= 4 is 66.5 Å². The highest BCUT2D eigenvalue weighted by molar-refractivity contribution is 7.98. The van der Waals surface area contributed by atoms with E-state index in [2.05, 4.69) is 9.71 Å². The van der Waals surface area contributed by atoms with E-state index in [1.807, 2.05) is 30.5 Å². The van der Waals surface area contributed by atoms with Crippen LogP contribution in [-0.2, 0) is 14.8 Å². The molecule has 10 heteroatoms. The molecule has 3 aromatic carbocycles. The van der Waals surface area contributed by atoms with Gasteiger partial charge in [-0.15, -0.1) is 11.8 Å². The number of nitrogens with zero attached hydrogens (tertiary/aromatic N) is 2. The Morgan fingerprint density at radius 3 is 2.71 bits per heavy atom. The number of sulfonamides is 1. The Morgan fingerprint density at radius 1 is 1.12 bits per heavy atom. The third-order valence-corrected chi connectivity index (χ3v) is 9.24. The highest BCUT2D eigenvalue weighted by atomic mass is 35.5. The molecule has 0 aliphatic carbocycles. The molecule has 1 aromatic heterocycles. The summed E-state index contributed by atoms with van der Waals surface area (Å²) >= 11 is 9.10. The van der Waals surface area contributed by atoms with Crippen LogP contribution in [0.3, 0.4) is 0 Å². The SMILES string of the molecule is CSc1ccccc1-c1cnc(N2CC[C@H](NS(=O)(=O)c3ccc4cc(Cl)ccc4c3)C2=O)s1. The second-order valence-corrected chi connectivity index (χ2v) is 11.8. The molecule has 0 saturated carbocycles. The van der Waals surface area contributed by atoms with E-state index in [4.69, 9.17) is 11.6 Å². The normalized spacial score (nSPS) is 16.5. The lowest BCUT2D eigenvalue weighted by Gasteiger charge is -2.15. The summed E-state index contributed by atoms with van der Waals surface area (Å²) in [4.78, 5) is 21.3. The average molecular weight is 530 g/mol. The number of fused-ring (bicyclic) bond motifs is 1. The molecule has 0 unspecified atom stereocenters. The molecule has 0 bridgehead atoms. The predicted molar refractivity (Wildman–Crippen MR) is 139 cm³/mol. The van der Waals surface area contributed by atoms with Gasteiger partial charge < -0.3 is 0 Å². The Labute approximate surface area is 211 Å². The number of anilines is 1. The Kier molecular flexibility index (Phi) is 6.39. The Bertz CT molecular complexity index is 1500. The quantitative estimate of drug-likeness (QED) is 0.337. The van der Waals surface area contributed by atoms with Crippen molar-refractivity contribution in [2.45, 2.75) is 22.3 Å². The Hall–Kier alpha value is -2.43. The van der Waals surface area contributed by atoms with E-state index in [1.165, 1.54) is 17.4 Å². The molecule has 1 aliphatic heterocycles. The summed E-state index contributed by atoms with van der Waals surface area (Å²) in [6.45, 7) is 0.402. The van der Waals surface area contributed by atoms with Gasteiger partial charge >= 0.3 is 0 Å². The highest BCUT2D eigenvalue weighted by Gasteiger charge is 2.37. The molecule has 1 aliphatic rings. The maximum atomic E-state index is 13.1. The van der Waals surface area contributed by atoms with Gasteiger partial charge in [-0.25, -0.2) is 13.4 Å². The summed E-state index contributed by atoms with van der Waals surface area (Å²) in [6.07, 6.45) is 4.16. The van der Waals surface area contributed by atoms with Gasteiger partial charge in [-0.1, -0.05) is 53.3 Å². The molecule has 5 rings (SSSR count). The van der Waals surface area contributed by atoms with Crippen molar-refractivity contribution < 1.29 is 13.2 Å². The van der Waals surface area contributed by atoms with Crippen LogP contribution in [0.2, 0.25) is 5.02 Å². The van der Waals surface area contributed by atoms with E-state index in [1.54, 1.807) is 53.2 Å². The number of nitrogens with one attached hydrogen (secondary N) is 1. The van der Waals surface area contributed by atoms with E-state index in [9.17, 15) is 13.2 Å². The topological polar surface area (TPSA) is 79.4 Å². The van der Waals surface area contributed by atoms with Crippen molar-refractivity contribution in [3.05, 3.63) is 71.9 Å². The molecule has 6 nitrogen and oxygen atoms in total. The van der Waals surface area contributed by atoms with Crippen LogP contribution < -0.4 is 9.62 Å². The summed E-state index contributed by atoms with van der Waals surface area (Å²) in [7, 11) is -3.88. The number of hydrogen-bond acceptors (Lipinski definition) is 6. The molecule has 1 saturated heterocycles. The summed E-state index contributed by atoms with van der Waals surface area (Å²) in [5, 5.41) is 2.75. The predicted octanol–water partition coefficient (Wildman–Crippen LogP) is 5.42. The van der Waals surface area contributed by atoms with Gasteiger partial charge in [0.05, 0.1) is 9.77 Å². The van der Waals surface area contributed by atoms with Gasteiger partial charge in [0.25, 0.3) is 0 Å². The second-order valence-electron chi connectivity index (χ2n) is 7.81. The van der Waals surface area contributed by atoms with Gasteiger partial charge in [-0.3, -0.25) is 9.69 Å². The molecule has 4 aromatic rings. The number of halogens is 1. The van der Waals surface area contributed by atoms with Crippen LogP contribution in [-0.4, -0.2) is 38.2 Å². The number of aromatic nitrogens is 1. The van der Waals surface area contributed by atoms with E-state index in [0.717, 1.165) is 26.1 Å². The summed E-state index contributed by atoms with van der Waals surface area (Å²) in [5.74, 6) is -0.296. The maximum Gasteiger partial charge on any atom is 0.247 e. The zero-order valence-electron chi connectivity index (χ0n) is 18.1. The van der Waals surface area contributed by atoms with Crippen molar-refractivity contribution in [3.8, 4) is 10.4 Å². The minimum absolute atomic E-state index is 0.110. The van der Waals surface area contributed by atoms with E-state index in [-0.39, 0.29) is 10.8 Å². The monoisotopic (exact) mass is 529 g/mol. The standard InChI is InChI=1S/C24H20ClN3O3S3/c1-32-21-5-3-2-4-19(21)22-14-26-24(33-22)28-11-10-20(23(28)29)27-34(30,31)18-9-7-15-12-17(25)8-6-16(15)13-18/h2-9,12-14,20,27H,10-11H2,1H3/t20-/m0/s1. The number of benzene rings is 3. The molecule has 174 valence electrons. The van der Waals surface area contributed by atoms with Crippen molar-refractivity contribution in [2.75, 3.05) is 17.7 Å². The van der Waals surface area contributed by atoms with Crippen LogP contribution in [0.15, 0.2) is 76.7 Å². The molecule has 0 radical (unpaired) electrons.